The van der Waals surface area contributed by atoms with Crippen molar-refractivity contribution in [1.29, 1.82) is 0 Å². The smallest absolute Gasteiger partial charge is 0.115 e. The van der Waals surface area contributed by atoms with E-state index in [0.29, 0.717) is 5.92 Å². The van der Waals surface area contributed by atoms with Crippen LogP contribution in [0.5, 0.6) is 0 Å². The van der Waals surface area contributed by atoms with Crippen molar-refractivity contribution in [3.63, 3.8) is 0 Å². The van der Waals surface area contributed by atoms with Crippen molar-refractivity contribution in [2.75, 3.05) is 5.73 Å². The van der Waals surface area contributed by atoms with Gasteiger partial charge in [-0.2, -0.15) is 0 Å². The molecule has 0 radical (unpaired) electrons. The summed E-state index contributed by atoms with van der Waals surface area (Å²) >= 11 is 0. The molecule has 1 aromatic carbocycles. The van der Waals surface area contributed by atoms with Crippen LogP contribution >= 0.6 is 12.4 Å². The van der Waals surface area contributed by atoms with E-state index >= 15 is 0 Å². The molecule has 1 aromatic heterocycles. The summed E-state index contributed by atoms with van der Waals surface area (Å²) in [6.45, 7) is 4.27. The van der Waals surface area contributed by atoms with E-state index in [9.17, 15) is 0 Å². The zero-order chi connectivity index (χ0) is 10.8. The third kappa shape index (κ3) is 2.36. The van der Waals surface area contributed by atoms with Gasteiger partial charge in [-0.1, -0.05) is 13.8 Å². The number of nitrogen functional groups attached to an aromatic ring is 1. The highest BCUT2D eigenvalue weighted by atomic mass is 35.5. The predicted octanol–water partition coefficient (Wildman–Crippen LogP) is 3.00. The fourth-order valence-electron chi connectivity index (χ4n) is 1.60. The third-order valence-corrected chi connectivity index (χ3v) is 2.36. The van der Waals surface area contributed by atoms with Gasteiger partial charge in [0.1, 0.15) is 5.82 Å². The van der Waals surface area contributed by atoms with Crippen LogP contribution in [-0.4, -0.2) is 9.55 Å². The number of nitrogens with zero attached hydrogens (tertiary/aromatic N) is 2. The molecule has 0 spiro atoms. The van der Waals surface area contributed by atoms with E-state index in [1.165, 1.54) is 0 Å². The maximum absolute atomic E-state index is 5.65. The van der Waals surface area contributed by atoms with E-state index < -0.39 is 0 Å². The van der Waals surface area contributed by atoms with Gasteiger partial charge in [0.15, 0.2) is 0 Å². The first kappa shape index (κ1) is 12.6. The van der Waals surface area contributed by atoms with Gasteiger partial charge in [-0.15, -0.1) is 12.4 Å². The minimum absolute atomic E-state index is 0. The second kappa shape index (κ2) is 5.03. The summed E-state index contributed by atoms with van der Waals surface area (Å²) in [7, 11) is 0. The van der Waals surface area contributed by atoms with Crippen LogP contribution in [0, 0.1) is 0 Å². The van der Waals surface area contributed by atoms with Crippen LogP contribution in [0.15, 0.2) is 36.7 Å². The Morgan fingerprint density at radius 2 is 1.81 bits per heavy atom. The lowest BCUT2D eigenvalue weighted by Crippen LogP contribution is -2.02. The fraction of sp³-hybridized carbons (Fsp3) is 0.250. The van der Waals surface area contributed by atoms with Crippen molar-refractivity contribution in [2.24, 2.45) is 0 Å². The van der Waals surface area contributed by atoms with Crippen LogP contribution in [0.25, 0.3) is 5.69 Å². The quantitative estimate of drug-likeness (QED) is 0.816. The first-order valence-corrected chi connectivity index (χ1v) is 5.07. The highest BCUT2D eigenvalue weighted by Gasteiger charge is 2.07. The Kier molecular flexibility index (Phi) is 3.96. The lowest BCUT2D eigenvalue weighted by Gasteiger charge is -2.10. The molecule has 2 N–H and O–H groups in total. The van der Waals surface area contributed by atoms with Gasteiger partial charge in [0.2, 0.25) is 0 Å². The number of rotatable bonds is 2. The molecule has 0 bridgehead atoms. The van der Waals surface area contributed by atoms with Crippen molar-refractivity contribution < 1.29 is 0 Å². The van der Waals surface area contributed by atoms with Crippen LogP contribution in [0.2, 0.25) is 0 Å². The van der Waals surface area contributed by atoms with Crippen molar-refractivity contribution >= 4 is 18.1 Å². The second-order valence-corrected chi connectivity index (χ2v) is 3.90. The lowest BCUT2D eigenvalue weighted by molar-refractivity contribution is 0.752. The first-order chi connectivity index (χ1) is 7.18. The standard InChI is InChI=1S/C12H15N3.ClH/c1-9(2)12-14-7-8-15(12)11-5-3-10(13)4-6-11;/h3-9H,13H2,1-2H3;1H. The zero-order valence-corrected chi connectivity index (χ0v) is 10.2. The fourth-order valence-corrected chi connectivity index (χ4v) is 1.60. The van der Waals surface area contributed by atoms with E-state index in [0.717, 1.165) is 17.2 Å². The molecule has 4 heteroatoms. The van der Waals surface area contributed by atoms with Gasteiger partial charge in [0.25, 0.3) is 0 Å². The van der Waals surface area contributed by atoms with Gasteiger partial charge in [0.05, 0.1) is 0 Å². The van der Waals surface area contributed by atoms with E-state index in [1.54, 1.807) is 0 Å². The molecule has 0 unspecified atom stereocenters. The number of imidazole rings is 1. The molecule has 0 aliphatic heterocycles. The number of aromatic nitrogens is 2. The third-order valence-electron chi connectivity index (χ3n) is 2.36. The van der Waals surface area contributed by atoms with Crippen LogP contribution in [-0.2, 0) is 0 Å². The largest absolute Gasteiger partial charge is 0.399 e. The molecule has 1 heterocycles. The lowest BCUT2D eigenvalue weighted by atomic mass is 10.2. The first-order valence-electron chi connectivity index (χ1n) is 5.07. The minimum Gasteiger partial charge on any atom is -0.399 e. The zero-order valence-electron chi connectivity index (χ0n) is 9.42. The molecular weight excluding hydrogens is 222 g/mol. The van der Waals surface area contributed by atoms with E-state index in [1.807, 2.05) is 36.7 Å². The molecule has 0 atom stereocenters. The Labute approximate surface area is 102 Å². The van der Waals surface area contributed by atoms with Crippen molar-refractivity contribution in [3.05, 3.63) is 42.5 Å². The number of benzene rings is 1. The van der Waals surface area contributed by atoms with Gasteiger partial charge in [-0.05, 0) is 24.3 Å². The normalized spacial score (nSPS) is 10.2. The van der Waals surface area contributed by atoms with Crippen LogP contribution in [0.4, 0.5) is 5.69 Å². The summed E-state index contributed by atoms with van der Waals surface area (Å²) in [5, 5.41) is 0. The summed E-state index contributed by atoms with van der Waals surface area (Å²) in [5.74, 6) is 1.48. The van der Waals surface area contributed by atoms with Crippen LogP contribution < -0.4 is 5.73 Å². The molecule has 16 heavy (non-hydrogen) atoms. The number of halogens is 1. The van der Waals surface area contributed by atoms with Crippen LogP contribution in [0.3, 0.4) is 0 Å². The SMILES string of the molecule is CC(C)c1nccn1-c1ccc(N)cc1.Cl. The molecule has 0 saturated heterocycles. The topological polar surface area (TPSA) is 43.8 Å². The van der Waals surface area contributed by atoms with Crippen molar-refractivity contribution in [3.8, 4) is 5.69 Å². The molecule has 0 aliphatic carbocycles. The second-order valence-electron chi connectivity index (χ2n) is 3.90. The molecule has 2 aromatic rings. The summed E-state index contributed by atoms with van der Waals surface area (Å²) < 4.78 is 2.09. The van der Waals surface area contributed by atoms with Crippen molar-refractivity contribution in [2.45, 2.75) is 19.8 Å². The molecule has 2 rings (SSSR count). The molecule has 0 amide bonds. The average molecular weight is 238 g/mol. The summed E-state index contributed by atoms with van der Waals surface area (Å²) in [5.41, 5.74) is 7.54. The predicted molar refractivity (Wildman–Crippen MR) is 69.3 cm³/mol. The highest BCUT2D eigenvalue weighted by Crippen LogP contribution is 2.18. The van der Waals surface area contributed by atoms with E-state index in [-0.39, 0.29) is 12.4 Å². The number of hydrogen-bond donors (Lipinski definition) is 1. The van der Waals surface area contributed by atoms with Gasteiger partial charge in [0, 0.05) is 29.7 Å². The van der Waals surface area contributed by atoms with Gasteiger partial charge < -0.3 is 10.3 Å². The molecular formula is C12H16ClN3. The average Bonchev–Trinajstić information content (AvgIpc) is 2.67. The molecule has 86 valence electrons. The maximum atomic E-state index is 5.65. The van der Waals surface area contributed by atoms with Crippen molar-refractivity contribution in [1.82, 2.24) is 9.55 Å². The number of anilines is 1. The Hall–Kier alpha value is -1.48. The number of nitrogens with two attached hydrogens (primary N) is 1. The van der Waals surface area contributed by atoms with E-state index in [4.69, 9.17) is 5.73 Å². The van der Waals surface area contributed by atoms with Gasteiger partial charge in [-0.25, -0.2) is 4.98 Å². The Morgan fingerprint density at radius 1 is 1.19 bits per heavy atom. The summed E-state index contributed by atoms with van der Waals surface area (Å²) in [6, 6.07) is 7.81. The summed E-state index contributed by atoms with van der Waals surface area (Å²) in [6.07, 6.45) is 3.80. The Bertz CT molecular complexity index is 446. The van der Waals surface area contributed by atoms with Gasteiger partial charge >= 0.3 is 0 Å². The molecule has 0 fully saturated rings. The van der Waals surface area contributed by atoms with Crippen LogP contribution in [0.1, 0.15) is 25.6 Å². The molecule has 3 nitrogen and oxygen atoms in total. The highest BCUT2D eigenvalue weighted by molar-refractivity contribution is 5.85. The Balaban J connectivity index is 0.00000128. The monoisotopic (exact) mass is 237 g/mol. The Morgan fingerprint density at radius 3 is 2.38 bits per heavy atom. The minimum atomic E-state index is 0. The number of hydrogen-bond acceptors (Lipinski definition) is 2. The molecule has 0 saturated carbocycles. The summed E-state index contributed by atoms with van der Waals surface area (Å²) in [4.78, 5) is 4.35. The van der Waals surface area contributed by atoms with E-state index in [2.05, 4.69) is 23.4 Å². The molecule has 0 aliphatic rings. The van der Waals surface area contributed by atoms with Gasteiger partial charge in [-0.3, -0.25) is 0 Å². The maximum Gasteiger partial charge on any atom is 0.115 e.